The van der Waals surface area contributed by atoms with Crippen LogP contribution in [-0.4, -0.2) is 41.1 Å². The van der Waals surface area contributed by atoms with E-state index in [-0.39, 0.29) is 5.92 Å². The molecule has 0 saturated heterocycles. The standard InChI is InChI=1S/C13H23N5O/c1-9(2)11-12(17-14)15-8-16-13(11)19-7-6-18(3)10-4-5-10/h8-10H,4-7,14H2,1-3H3,(H,15,16,17). The number of nitrogens with two attached hydrogens (primary N) is 1. The summed E-state index contributed by atoms with van der Waals surface area (Å²) in [5, 5.41) is 0. The maximum atomic E-state index is 5.80. The molecule has 1 saturated carbocycles. The third kappa shape index (κ3) is 3.54. The topological polar surface area (TPSA) is 76.3 Å². The number of hydrazine groups is 1. The highest BCUT2D eigenvalue weighted by Gasteiger charge is 2.25. The lowest BCUT2D eigenvalue weighted by atomic mass is 10.1. The average molecular weight is 265 g/mol. The zero-order valence-corrected chi connectivity index (χ0v) is 11.9. The van der Waals surface area contributed by atoms with Gasteiger partial charge in [-0.15, -0.1) is 0 Å². The van der Waals surface area contributed by atoms with Crippen LogP contribution in [-0.2, 0) is 0 Å². The molecular formula is C13H23N5O. The summed E-state index contributed by atoms with van der Waals surface area (Å²) >= 11 is 0. The van der Waals surface area contributed by atoms with Crippen molar-refractivity contribution in [3.05, 3.63) is 11.9 Å². The highest BCUT2D eigenvalue weighted by atomic mass is 16.5. The molecule has 0 atom stereocenters. The Morgan fingerprint density at radius 3 is 2.79 bits per heavy atom. The number of likely N-dealkylation sites (N-methyl/N-ethyl adjacent to an activating group) is 1. The molecular weight excluding hydrogens is 242 g/mol. The number of ether oxygens (including phenoxy) is 1. The zero-order valence-electron chi connectivity index (χ0n) is 11.9. The maximum absolute atomic E-state index is 5.80. The second-order valence-electron chi connectivity index (χ2n) is 5.30. The number of hydrogen-bond acceptors (Lipinski definition) is 6. The lowest BCUT2D eigenvalue weighted by molar-refractivity contribution is 0.224. The molecule has 0 aliphatic heterocycles. The van der Waals surface area contributed by atoms with E-state index in [9.17, 15) is 0 Å². The molecule has 1 aromatic heterocycles. The first-order chi connectivity index (χ1) is 9.13. The second-order valence-corrected chi connectivity index (χ2v) is 5.30. The van der Waals surface area contributed by atoms with Crippen LogP contribution in [0.2, 0.25) is 0 Å². The Hall–Kier alpha value is -1.40. The number of nitrogen functional groups attached to an aromatic ring is 1. The summed E-state index contributed by atoms with van der Waals surface area (Å²) in [4.78, 5) is 10.7. The summed E-state index contributed by atoms with van der Waals surface area (Å²) in [6.07, 6.45) is 4.09. The first kappa shape index (κ1) is 14.0. The fraction of sp³-hybridized carbons (Fsp3) is 0.692. The van der Waals surface area contributed by atoms with E-state index < -0.39 is 0 Å². The smallest absolute Gasteiger partial charge is 0.222 e. The van der Waals surface area contributed by atoms with Gasteiger partial charge in [-0.1, -0.05) is 13.8 Å². The quantitative estimate of drug-likeness (QED) is 0.572. The minimum Gasteiger partial charge on any atom is -0.476 e. The van der Waals surface area contributed by atoms with Crippen LogP contribution in [0.3, 0.4) is 0 Å². The third-order valence-corrected chi connectivity index (χ3v) is 3.41. The van der Waals surface area contributed by atoms with Gasteiger partial charge in [0.05, 0.1) is 5.56 Å². The Bertz CT molecular complexity index is 419. The molecule has 6 heteroatoms. The molecule has 1 heterocycles. The molecule has 1 fully saturated rings. The molecule has 1 aliphatic carbocycles. The Morgan fingerprint density at radius 2 is 2.21 bits per heavy atom. The summed E-state index contributed by atoms with van der Waals surface area (Å²) in [7, 11) is 2.14. The predicted molar refractivity (Wildman–Crippen MR) is 75.1 cm³/mol. The Labute approximate surface area is 114 Å². The molecule has 2 rings (SSSR count). The van der Waals surface area contributed by atoms with Crippen molar-refractivity contribution in [3.8, 4) is 5.88 Å². The maximum Gasteiger partial charge on any atom is 0.222 e. The van der Waals surface area contributed by atoms with Crippen LogP contribution in [0.5, 0.6) is 5.88 Å². The van der Waals surface area contributed by atoms with Crippen LogP contribution < -0.4 is 16.0 Å². The molecule has 0 bridgehead atoms. The third-order valence-electron chi connectivity index (χ3n) is 3.41. The number of nitrogens with one attached hydrogen (secondary N) is 1. The van der Waals surface area contributed by atoms with Gasteiger partial charge >= 0.3 is 0 Å². The van der Waals surface area contributed by atoms with Crippen LogP contribution in [0.25, 0.3) is 0 Å². The monoisotopic (exact) mass is 265 g/mol. The van der Waals surface area contributed by atoms with Crippen molar-refractivity contribution in [2.75, 3.05) is 25.6 Å². The van der Waals surface area contributed by atoms with Gasteiger partial charge in [-0.25, -0.2) is 15.8 Å². The Kier molecular flexibility index (Phi) is 4.55. The van der Waals surface area contributed by atoms with Crippen molar-refractivity contribution < 1.29 is 4.74 Å². The average Bonchev–Trinajstić information content (AvgIpc) is 3.22. The van der Waals surface area contributed by atoms with Crippen molar-refractivity contribution in [2.45, 2.75) is 38.6 Å². The van der Waals surface area contributed by atoms with Gasteiger partial charge in [0.25, 0.3) is 0 Å². The van der Waals surface area contributed by atoms with Gasteiger partial charge in [0.1, 0.15) is 12.9 Å². The van der Waals surface area contributed by atoms with Crippen LogP contribution in [0.1, 0.15) is 38.2 Å². The minimum atomic E-state index is 0.253. The van der Waals surface area contributed by atoms with Gasteiger partial charge in [0, 0.05) is 12.6 Å². The van der Waals surface area contributed by atoms with Crippen molar-refractivity contribution in [3.63, 3.8) is 0 Å². The highest BCUT2D eigenvalue weighted by Crippen LogP contribution is 2.29. The lowest BCUT2D eigenvalue weighted by Gasteiger charge is -2.18. The summed E-state index contributed by atoms with van der Waals surface area (Å²) in [6.45, 7) is 5.69. The largest absolute Gasteiger partial charge is 0.476 e. The normalized spacial score (nSPS) is 15.1. The fourth-order valence-electron chi connectivity index (χ4n) is 2.11. The number of hydrogen-bond donors (Lipinski definition) is 2. The van der Waals surface area contributed by atoms with Gasteiger partial charge in [-0.2, -0.15) is 0 Å². The van der Waals surface area contributed by atoms with Crippen molar-refractivity contribution in [2.24, 2.45) is 5.84 Å². The van der Waals surface area contributed by atoms with Crippen molar-refractivity contribution in [1.29, 1.82) is 0 Å². The summed E-state index contributed by atoms with van der Waals surface area (Å²) in [5.74, 6) is 6.99. The summed E-state index contributed by atoms with van der Waals surface area (Å²) < 4.78 is 5.80. The van der Waals surface area contributed by atoms with Crippen LogP contribution in [0.15, 0.2) is 6.33 Å². The van der Waals surface area contributed by atoms with Gasteiger partial charge in [-0.3, -0.25) is 0 Å². The first-order valence-electron chi connectivity index (χ1n) is 6.78. The highest BCUT2D eigenvalue weighted by molar-refractivity contribution is 5.49. The number of anilines is 1. The molecule has 0 amide bonds. The first-order valence-corrected chi connectivity index (χ1v) is 6.78. The molecule has 0 unspecified atom stereocenters. The SMILES string of the molecule is CC(C)c1c(NN)ncnc1OCCN(C)C1CC1. The van der Waals surface area contributed by atoms with Crippen molar-refractivity contribution >= 4 is 5.82 Å². The second kappa shape index (κ2) is 6.16. The molecule has 1 aromatic rings. The predicted octanol–water partition coefficient (Wildman–Crippen LogP) is 1.36. The number of rotatable bonds is 7. The Balaban J connectivity index is 1.98. The van der Waals surface area contributed by atoms with E-state index >= 15 is 0 Å². The molecule has 106 valence electrons. The molecule has 0 spiro atoms. The van der Waals surface area contributed by atoms with E-state index in [1.807, 2.05) is 0 Å². The van der Waals surface area contributed by atoms with Gasteiger partial charge in [0.2, 0.25) is 5.88 Å². The van der Waals surface area contributed by atoms with E-state index in [1.165, 1.54) is 19.2 Å². The summed E-state index contributed by atoms with van der Waals surface area (Å²) in [5.41, 5.74) is 3.53. The minimum absolute atomic E-state index is 0.253. The van der Waals surface area contributed by atoms with E-state index in [1.54, 1.807) is 0 Å². The Morgan fingerprint density at radius 1 is 1.47 bits per heavy atom. The summed E-state index contributed by atoms with van der Waals surface area (Å²) in [6, 6.07) is 0.750. The van der Waals surface area contributed by atoms with Crippen LogP contribution >= 0.6 is 0 Å². The van der Waals surface area contributed by atoms with E-state index in [4.69, 9.17) is 10.6 Å². The van der Waals surface area contributed by atoms with Gasteiger partial charge in [-0.05, 0) is 25.8 Å². The molecule has 1 aliphatic rings. The van der Waals surface area contributed by atoms with E-state index in [0.717, 1.165) is 18.2 Å². The fourth-order valence-corrected chi connectivity index (χ4v) is 2.11. The van der Waals surface area contributed by atoms with Crippen molar-refractivity contribution in [1.82, 2.24) is 14.9 Å². The molecule has 6 nitrogen and oxygen atoms in total. The number of nitrogens with zero attached hydrogens (tertiary/aromatic N) is 3. The molecule has 19 heavy (non-hydrogen) atoms. The van der Waals surface area contributed by atoms with Gasteiger partial charge < -0.3 is 15.1 Å². The molecule has 0 aromatic carbocycles. The lowest BCUT2D eigenvalue weighted by Crippen LogP contribution is -2.26. The molecule has 0 radical (unpaired) electrons. The van der Waals surface area contributed by atoms with E-state index in [2.05, 4.69) is 41.2 Å². The van der Waals surface area contributed by atoms with Gasteiger partial charge in [0.15, 0.2) is 5.82 Å². The number of aromatic nitrogens is 2. The van der Waals surface area contributed by atoms with E-state index in [0.29, 0.717) is 18.3 Å². The zero-order chi connectivity index (χ0) is 13.8. The van der Waals surface area contributed by atoms with Crippen LogP contribution in [0, 0.1) is 0 Å². The molecule has 3 N–H and O–H groups in total. The van der Waals surface area contributed by atoms with Crippen LogP contribution in [0.4, 0.5) is 5.82 Å².